The number of aliphatic hydroxyl groups excluding tert-OH is 2. The highest BCUT2D eigenvalue weighted by molar-refractivity contribution is 6.08. The van der Waals surface area contributed by atoms with Gasteiger partial charge in [0, 0.05) is 13.1 Å². The number of phenolic OH excluding ortho intramolecular Hbond substituents is 1. The zero-order chi connectivity index (χ0) is 21.3. The Morgan fingerprint density at radius 2 is 1.87 bits per heavy atom. The van der Waals surface area contributed by atoms with E-state index in [1.54, 1.807) is 12.1 Å². The van der Waals surface area contributed by atoms with E-state index in [4.69, 9.17) is 0 Å². The molecule has 0 aliphatic carbocycles. The summed E-state index contributed by atoms with van der Waals surface area (Å²) in [7, 11) is 0. The molecule has 0 bridgehead atoms. The van der Waals surface area contributed by atoms with Crippen LogP contribution in [-0.4, -0.2) is 61.5 Å². The molecule has 2 aromatic carbocycles. The molecule has 0 saturated heterocycles. The number of aromatic hydroxyl groups is 1. The number of amides is 2. The van der Waals surface area contributed by atoms with Crippen LogP contribution in [0.4, 0.5) is 0 Å². The Morgan fingerprint density at radius 3 is 2.63 bits per heavy atom. The summed E-state index contributed by atoms with van der Waals surface area (Å²) in [6, 6.07) is 14.2. The fraction of sp³-hybridized carbons (Fsp3) is 0.318. The maximum Gasteiger partial charge on any atom is 0.254 e. The van der Waals surface area contributed by atoms with Gasteiger partial charge < -0.3 is 20.2 Å². The molecule has 0 saturated carbocycles. The number of carbonyl (C=O) groups excluding carboxylic acids is 2. The minimum absolute atomic E-state index is 0.0541. The maximum atomic E-state index is 12.7. The average Bonchev–Trinajstić information content (AvgIpc) is 3.12. The lowest BCUT2D eigenvalue weighted by Gasteiger charge is -2.31. The van der Waals surface area contributed by atoms with Crippen LogP contribution in [0.1, 0.15) is 23.1 Å². The first-order valence-electron chi connectivity index (χ1n) is 9.79. The number of rotatable bonds is 5. The van der Waals surface area contributed by atoms with Crippen LogP contribution >= 0.6 is 0 Å². The SMILES string of the molecule is O=C([C@H](O)[C@@H](O)C1=NN(Cc2cccc(O)c2)C(=O)C1)N1CCc2ccccc2C1. The van der Waals surface area contributed by atoms with Gasteiger partial charge in [-0.25, -0.2) is 5.01 Å². The van der Waals surface area contributed by atoms with Gasteiger partial charge in [0.25, 0.3) is 5.91 Å². The predicted molar refractivity (Wildman–Crippen MR) is 108 cm³/mol. The molecule has 0 spiro atoms. The summed E-state index contributed by atoms with van der Waals surface area (Å²) in [5, 5.41) is 35.8. The first kappa shape index (κ1) is 20.1. The van der Waals surface area contributed by atoms with Gasteiger partial charge in [-0.2, -0.15) is 5.10 Å². The molecule has 0 fully saturated rings. The molecular formula is C22H23N3O5. The maximum absolute atomic E-state index is 12.7. The summed E-state index contributed by atoms with van der Waals surface area (Å²) in [5.74, 6) is -0.856. The summed E-state index contributed by atoms with van der Waals surface area (Å²) >= 11 is 0. The van der Waals surface area contributed by atoms with Gasteiger partial charge in [-0.15, -0.1) is 0 Å². The third-order valence-corrected chi connectivity index (χ3v) is 5.45. The Morgan fingerprint density at radius 1 is 1.10 bits per heavy atom. The van der Waals surface area contributed by atoms with Crippen molar-refractivity contribution in [3.63, 3.8) is 0 Å². The van der Waals surface area contributed by atoms with Crippen molar-refractivity contribution in [2.24, 2.45) is 5.10 Å². The number of hydrogen-bond acceptors (Lipinski definition) is 6. The summed E-state index contributed by atoms with van der Waals surface area (Å²) < 4.78 is 0. The van der Waals surface area contributed by atoms with Crippen LogP contribution in [0.5, 0.6) is 5.75 Å². The number of fused-ring (bicyclic) bond motifs is 1. The van der Waals surface area contributed by atoms with E-state index in [9.17, 15) is 24.9 Å². The molecule has 0 unspecified atom stereocenters. The molecule has 156 valence electrons. The van der Waals surface area contributed by atoms with E-state index in [0.717, 1.165) is 5.56 Å². The van der Waals surface area contributed by atoms with Crippen LogP contribution in [0.15, 0.2) is 53.6 Å². The molecule has 30 heavy (non-hydrogen) atoms. The Hall–Kier alpha value is -3.23. The number of nitrogens with zero attached hydrogens (tertiary/aromatic N) is 3. The van der Waals surface area contributed by atoms with Crippen molar-refractivity contribution in [3.05, 3.63) is 65.2 Å². The quantitative estimate of drug-likeness (QED) is 0.676. The van der Waals surface area contributed by atoms with Crippen molar-refractivity contribution in [1.82, 2.24) is 9.91 Å². The zero-order valence-corrected chi connectivity index (χ0v) is 16.3. The first-order valence-corrected chi connectivity index (χ1v) is 9.79. The highest BCUT2D eigenvalue weighted by Crippen LogP contribution is 2.22. The van der Waals surface area contributed by atoms with Gasteiger partial charge in [0.15, 0.2) is 6.10 Å². The largest absolute Gasteiger partial charge is 0.508 e. The lowest BCUT2D eigenvalue weighted by Crippen LogP contribution is -2.48. The van der Waals surface area contributed by atoms with Crippen LogP contribution in [0, 0.1) is 0 Å². The van der Waals surface area contributed by atoms with Gasteiger partial charge in [0.2, 0.25) is 5.91 Å². The molecule has 2 amide bonds. The van der Waals surface area contributed by atoms with Gasteiger partial charge in [-0.1, -0.05) is 36.4 Å². The van der Waals surface area contributed by atoms with Gasteiger partial charge >= 0.3 is 0 Å². The van der Waals surface area contributed by atoms with Crippen molar-refractivity contribution in [2.45, 2.75) is 38.1 Å². The fourth-order valence-corrected chi connectivity index (χ4v) is 3.80. The van der Waals surface area contributed by atoms with Crippen molar-refractivity contribution in [1.29, 1.82) is 0 Å². The topological polar surface area (TPSA) is 114 Å². The van der Waals surface area contributed by atoms with Crippen molar-refractivity contribution >= 4 is 17.5 Å². The monoisotopic (exact) mass is 409 g/mol. The minimum atomic E-state index is -1.69. The minimum Gasteiger partial charge on any atom is -0.508 e. The van der Waals surface area contributed by atoms with Crippen molar-refractivity contribution < 1.29 is 24.9 Å². The zero-order valence-electron chi connectivity index (χ0n) is 16.3. The molecule has 0 aromatic heterocycles. The number of hydrazone groups is 1. The molecule has 2 aliphatic rings. The number of carbonyl (C=O) groups is 2. The van der Waals surface area contributed by atoms with E-state index in [1.165, 1.54) is 27.6 Å². The lowest BCUT2D eigenvalue weighted by atomic mass is 9.98. The summed E-state index contributed by atoms with van der Waals surface area (Å²) in [4.78, 5) is 26.5. The molecule has 4 rings (SSSR count). The second-order valence-electron chi connectivity index (χ2n) is 7.56. The average molecular weight is 409 g/mol. The number of benzene rings is 2. The van der Waals surface area contributed by atoms with E-state index in [-0.39, 0.29) is 30.3 Å². The van der Waals surface area contributed by atoms with Crippen LogP contribution in [-0.2, 0) is 29.1 Å². The van der Waals surface area contributed by atoms with Crippen LogP contribution < -0.4 is 0 Å². The summed E-state index contributed by atoms with van der Waals surface area (Å²) in [5.41, 5.74) is 2.92. The van der Waals surface area contributed by atoms with E-state index in [2.05, 4.69) is 5.10 Å². The molecule has 3 N–H and O–H groups in total. The molecule has 8 nitrogen and oxygen atoms in total. The third kappa shape index (κ3) is 4.05. The highest BCUT2D eigenvalue weighted by atomic mass is 16.3. The first-order chi connectivity index (χ1) is 14.4. The van der Waals surface area contributed by atoms with Crippen LogP contribution in [0.3, 0.4) is 0 Å². The molecule has 2 heterocycles. The Kier molecular flexibility index (Phi) is 5.52. The standard InChI is InChI=1S/C22H23N3O5/c26-17-7-3-4-14(10-17)12-25-19(27)11-18(23-25)20(28)21(29)22(30)24-9-8-15-5-1-2-6-16(15)13-24/h1-7,10,20-21,26,28-29H,8-9,11-13H2/t20-,21+/m0/s1. The Labute approximate surface area is 173 Å². The Balaban J connectivity index is 1.42. The van der Waals surface area contributed by atoms with E-state index < -0.39 is 18.1 Å². The number of phenols is 1. The predicted octanol–water partition coefficient (Wildman–Crippen LogP) is 0.787. The molecule has 8 heteroatoms. The highest BCUT2D eigenvalue weighted by Gasteiger charge is 2.37. The molecular weight excluding hydrogens is 386 g/mol. The second kappa shape index (κ2) is 8.25. The fourth-order valence-electron chi connectivity index (χ4n) is 3.80. The molecule has 0 radical (unpaired) electrons. The van der Waals surface area contributed by atoms with Gasteiger partial charge in [0.1, 0.15) is 11.9 Å². The van der Waals surface area contributed by atoms with Gasteiger partial charge in [-0.05, 0) is 35.2 Å². The Bertz CT molecular complexity index is 1010. The lowest BCUT2D eigenvalue weighted by molar-refractivity contribution is -0.144. The van der Waals surface area contributed by atoms with Crippen molar-refractivity contribution in [2.75, 3.05) is 6.54 Å². The van der Waals surface area contributed by atoms with E-state index in [1.807, 2.05) is 24.3 Å². The van der Waals surface area contributed by atoms with Crippen LogP contribution in [0.25, 0.3) is 0 Å². The van der Waals surface area contributed by atoms with E-state index in [0.29, 0.717) is 25.1 Å². The smallest absolute Gasteiger partial charge is 0.254 e. The second-order valence-corrected chi connectivity index (χ2v) is 7.56. The summed E-state index contributed by atoms with van der Waals surface area (Å²) in [6.45, 7) is 0.943. The normalized spacial score (nSPS) is 18.1. The van der Waals surface area contributed by atoms with E-state index >= 15 is 0 Å². The number of hydrogen-bond donors (Lipinski definition) is 3. The molecule has 2 aliphatic heterocycles. The molecule has 2 aromatic rings. The van der Waals surface area contributed by atoms with Crippen LogP contribution in [0.2, 0.25) is 0 Å². The van der Waals surface area contributed by atoms with Gasteiger partial charge in [0.05, 0.1) is 18.7 Å². The van der Waals surface area contributed by atoms with Gasteiger partial charge in [-0.3, -0.25) is 9.59 Å². The van der Waals surface area contributed by atoms with Crippen molar-refractivity contribution in [3.8, 4) is 5.75 Å². The molecule has 2 atom stereocenters. The third-order valence-electron chi connectivity index (χ3n) is 5.45. The number of aliphatic hydroxyl groups is 2. The summed E-state index contributed by atoms with van der Waals surface area (Å²) in [6.07, 6.45) is -2.75.